The second-order valence-corrected chi connectivity index (χ2v) is 8.51. The number of likely N-dealkylation sites (tertiary alicyclic amines) is 1. The summed E-state index contributed by atoms with van der Waals surface area (Å²) < 4.78 is 0. The lowest BCUT2D eigenvalue weighted by molar-refractivity contribution is 0.0729. The number of hydrogen-bond acceptors (Lipinski definition) is 5. The highest BCUT2D eigenvalue weighted by molar-refractivity contribution is 7.10. The normalized spacial score (nSPS) is 22.2. The van der Waals surface area contributed by atoms with Crippen molar-refractivity contribution in [3.05, 3.63) is 44.7 Å². The van der Waals surface area contributed by atoms with E-state index in [4.69, 9.17) is 4.98 Å². The van der Waals surface area contributed by atoms with Gasteiger partial charge >= 0.3 is 0 Å². The molecule has 1 saturated heterocycles. The van der Waals surface area contributed by atoms with Crippen molar-refractivity contribution in [1.29, 1.82) is 0 Å². The van der Waals surface area contributed by atoms with E-state index in [0.717, 1.165) is 68.8 Å². The molecule has 0 radical (unpaired) electrons. The van der Waals surface area contributed by atoms with Crippen molar-refractivity contribution in [3.63, 3.8) is 0 Å². The average molecular weight is 369 g/mol. The van der Waals surface area contributed by atoms with Crippen LogP contribution in [0, 0.1) is 0 Å². The van der Waals surface area contributed by atoms with Crippen LogP contribution in [0.15, 0.2) is 11.6 Å². The minimum Gasteiger partial charge on any atom is -0.328 e. The topological polar surface area (TPSA) is 58.1 Å². The Morgan fingerprint density at radius 1 is 1.23 bits per heavy atom. The summed E-state index contributed by atoms with van der Waals surface area (Å²) in [5.74, 6) is 1.02. The molecule has 1 aliphatic carbocycles. The summed E-state index contributed by atoms with van der Waals surface area (Å²) in [4.78, 5) is 26.3. The zero-order valence-electron chi connectivity index (χ0n) is 15.0. The zero-order valence-corrected chi connectivity index (χ0v) is 15.8. The lowest BCUT2D eigenvalue weighted by atomic mass is 9.95. The van der Waals surface area contributed by atoms with E-state index in [1.807, 2.05) is 11.1 Å². The molecule has 2 aliphatic heterocycles. The lowest BCUT2D eigenvalue weighted by Crippen LogP contribution is -2.33. The van der Waals surface area contributed by atoms with Crippen LogP contribution in [0.2, 0.25) is 0 Å². The van der Waals surface area contributed by atoms with Gasteiger partial charge in [0.25, 0.3) is 5.91 Å². The van der Waals surface area contributed by atoms with Crippen molar-refractivity contribution in [2.24, 2.45) is 0 Å². The van der Waals surface area contributed by atoms with Gasteiger partial charge in [-0.3, -0.25) is 4.79 Å². The van der Waals surface area contributed by atoms with Crippen molar-refractivity contribution in [2.45, 2.75) is 57.5 Å². The van der Waals surface area contributed by atoms with E-state index in [0.29, 0.717) is 0 Å². The van der Waals surface area contributed by atoms with Gasteiger partial charge in [-0.25, -0.2) is 9.97 Å². The molecule has 0 saturated carbocycles. The van der Waals surface area contributed by atoms with Crippen molar-refractivity contribution in [3.8, 4) is 0 Å². The zero-order chi connectivity index (χ0) is 17.5. The molecule has 1 unspecified atom stereocenters. The largest absolute Gasteiger partial charge is 0.328 e. The van der Waals surface area contributed by atoms with Crippen molar-refractivity contribution < 1.29 is 4.79 Å². The Hall–Kier alpha value is -1.79. The highest BCUT2D eigenvalue weighted by Gasteiger charge is 2.34. The number of aromatic nitrogens is 2. The SMILES string of the molecule is O=C(c1csc2c1CCCC2)N1CCCC1c1ncc2c(n1)CCNC2. The highest BCUT2D eigenvalue weighted by Crippen LogP contribution is 2.36. The molecule has 6 heteroatoms. The minimum absolute atomic E-state index is 0.0295. The third-order valence-electron chi connectivity index (χ3n) is 5.93. The van der Waals surface area contributed by atoms with Crippen molar-refractivity contribution >= 4 is 17.2 Å². The standard InChI is InChI=1S/C20H24N4OS/c25-20(15-12-26-18-6-2-1-4-14(15)18)24-9-3-5-17(24)19-22-11-13-10-21-8-7-16(13)23-19/h11-12,17,21H,1-10H2. The number of hydrogen-bond donors (Lipinski definition) is 1. The highest BCUT2D eigenvalue weighted by atomic mass is 32.1. The molecule has 5 rings (SSSR count). The van der Waals surface area contributed by atoms with E-state index in [1.165, 1.54) is 28.8 Å². The lowest BCUT2D eigenvalue weighted by Gasteiger charge is -2.25. The number of aryl methyl sites for hydroxylation is 1. The third kappa shape index (κ3) is 2.76. The predicted molar refractivity (Wildman–Crippen MR) is 101 cm³/mol. The molecule has 0 aromatic carbocycles. The van der Waals surface area contributed by atoms with E-state index in [-0.39, 0.29) is 11.9 Å². The van der Waals surface area contributed by atoms with Gasteiger partial charge < -0.3 is 10.2 Å². The number of carbonyl (C=O) groups is 1. The number of thiophene rings is 1. The molecular weight excluding hydrogens is 344 g/mol. The molecule has 0 spiro atoms. The van der Waals surface area contributed by atoms with Gasteiger partial charge in [0.2, 0.25) is 0 Å². The quantitative estimate of drug-likeness (QED) is 0.885. The Bertz CT molecular complexity index is 846. The van der Waals surface area contributed by atoms with Gasteiger partial charge in [0.05, 0.1) is 11.6 Å². The summed E-state index contributed by atoms with van der Waals surface area (Å²) in [5, 5.41) is 5.45. The van der Waals surface area contributed by atoms with Crippen LogP contribution in [0.5, 0.6) is 0 Å². The Morgan fingerprint density at radius 2 is 2.15 bits per heavy atom. The summed E-state index contributed by atoms with van der Waals surface area (Å²) >= 11 is 1.77. The maximum absolute atomic E-state index is 13.3. The van der Waals surface area contributed by atoms with Crippen LogP contribution in [0.1, 0.15) is 69.6 Å². The molecule has 3 aliphatic rings. The number of carbonyl (C=O) groups excluding carboxylic acids is 1. The van der Waals surface area contributed by atoms with Gasteiger partial charge in [-0.05, 0) is 44.1 Å². The number of amides is 1. The van der Waals surface area contributed by atoms with E-state index in [1.54, 1.807) is 11.3 Å². The first kappa shape index (κ1) is 16.4. The summed E-state index contributed by atoms with van der Waals surface area (Å²) in [6.45, 7) is 2.64. The van der Waals surface area contributed by atoms with Crippen LogP contribution in [-0.2, 0) is 25.8 Å². The van der Waals surface area contributed by atoms with Crippen LogP contribution in [0.4, 0.5) is 0 Å². The summed E-state index contributed by atoms with van der Waals surface area (Å²) in [5.41, 5.74) is 4.61. The second-order valence-electron chi connectivity index (χ2n) is 7.54. The second kappa shape index (κ2) is 6.74. The van der Waals surface area contributed by atoms with Gasteiger partial charge in [-0.1, -0.05) is 0 Å². The fourth-order valence-electron chi connectivity index (χ4n) is 4.52. The van der Waals surface area contributed by atoms with Crippen LogP contribution < -0.4 is 5.32 Å². The van der Waals surface area contributed by atoms with Crippen LogP contribution in [0.25, 0.3) is 0 Å². The van der Waals surface area contributed by atoms with E-state index in [9.17, 15) is 4.79 Å². The molecule has 1 N–H and O–H groups in total. The number of rotatable bonds is 2. The van der Waals surface area contributed by atoms with Gasteiger partial charge in [-0.2, -0.15) is 0 Å². The number of fused-ring (bicyclic) bond motifs is 2. The molecular formula is C20H24N4OS. The Labute approximate surface area is 157 Å². The molecule has 1 amide bonds. The number of nitrogens with one attached hydrogen (secondary N) is 1. The van der Waals surface area contributed by atoms with Gasteiger partial charge in [0.15, 0.2) is 5.82 Å². The van der Waals surface area contributed by atoms with E-state index in [2.05, 4.69) is 15.7 Å². The molecule has 26 heavy (non-hydrogen) atoms. The Morgan fingerprint density at radius 3 is 3.12 bits per heavy atom. The van der Waals surface area contributed by atoms with Crippen LogP contribution in [0.3, 0.4) is 0 Å². The predicted octanol–water partition coefficient (Wildman–Crippen LogP) is 3.04. The molecule has 4 heterocycles. The first-order valence-electron chi connectivity index (χ1n) is 9.77. The fourth-order valence-corrected chi connectivity index (χ4v) is 5.64. The fraction of sp³-hybridized carbons (Fsp3) is 0.550. The van der Waals surface area contributed by atoms with Crippen LogP contribution in [-0.4, -0.2) is 33.9 Å². The smallest absolute Gasteiger partial charge is 0.255 e. The molecule has 1 fully saturated rings. The summed E-state index contributed by atoms with van der Waals surface area (Å²) in [7, 11) is 0. The average Bonchev–Trinajstić information content (AvgIpc) is 3.34. The van der Waals surface area contributed by atoms with Crippen molar-refractivity contribution in [1.82, 2.24) is 20.2 Å². The first-order valence-corrected chi connectivity index (χ1v) is 10.6. The van der Waals surface area contributed by atoms with Crippen LogP contribution >= 0.6 is 11.3 Å². The maximum Gasteiger partial charge on any atom is 0.255 e. The number of nitrogens with zero attached hydrogens (tertiary/aromatic N) is 3. The van der Waals surface area contributed by atoms with Crippen molar-refractivity contribution in [2.75, 3.05) is 13.1 Å². The minimum atomic E-state index is 0.0295. The monoisotopic (exact) mass is 368 g/mol. The van der Waals surface area contributed by atoms with E-state index < -0.39 is 0 Å². The molecule has 0 bridgehead atoms. The summed E-state index contributed by atoms with van der Waals surface area (Å²) in [6, 6.07) is 0.0295. The molecule has 1 atom stereocenters. The van der Waals surface area contributed by atoms with E-state index >= 15 is 0 Å². The molecule has 5 nitrogen and oxygen atoms in total. The first-order chi connectivity index (χ1) is 12.8. The third-order valence-corrected chi connectivity index (χ3v) is 7.02. The molecule has 136 valence electrons. The van der Waals surface area contributed by atoms with Gasteiger partial charge in [0, 0.05) is 53.8 Å². The molecule has 2 aromatic rings. The Kier molecular flexibility index (Phi) is 4.25. The Balaban J connectivity index is 1.44. The maximum atomic E-state index is 13.3. The van der Waals surface area contributed by atoms with Gasteiger partial charge in [-0.15, -0.1) is 11.3 Å². The summed E-state index contributed by atoms with van der Waals surface area (Å²) in [6.07, 6.45) is 9.56. The van der Waals surface area contributed by atoms with Gasteiger partial charge in [0.1, 0.15) is 0 Å². The molecule has 2 aromatic heterocycles.